The molecule has 0 aliphatic heterocycles. The first kappa shape index (κ1) is 20.4. The molecule has 2 aromatic carbocycles. The number of hydrogen-bond acceptors (Lipinski definition) is 3. The molecule has 0 amide bonds. The van der Waals surface area contributed by atoms with Gasteiger partial charge in [0.2, 0.25) is 5.88 Å². The topological polar surface area (TPSA) is 39.9 Å². The Balaban J connectivity index is 1.83. The zero-order chi connectivity index (χ0) is 21.5. The van der Waals surface area contributed by atoms with Crippen molar-refractivity contribution in [2.45, 2.75) is 26.6 Å². The molecule has 0 bridgehead atoms. The molecule has 0 radical (unpaired) electrons. The summed E-state index contributed by atoms with van der Waals surface area (Å²) in [5.41, 5.74) is 2.02. The van der Waals surface area contributed by atoms with E-state index in [0.29, 0.717) is 5.69 Å². The highest BCUT2D eigenvalue weighted by Gasteiger charge is 2.36. The molecule has 0 fully saturated rings. The molecule has 4 aromatic rings. The van der Waals surface area contributed by atoms with E-state index in [0.717, 1.165) is 21.7 Å². The molecule has 0 saturated carbocycles. The van der Waals surface area contributed by atoms with Gasteiger partial charge < -0.3 is 4.74 Å². The Morgan fingerprint density at radius 2 is 1.77 bits per heavy atom. The second kappa shape index (κ2) is 7.75. The molecule has 2 heterocycles. The van der Waals surface area contributed by atoms with E-state index in [1.165, 1.54) is 4.68 Å². The molecule has 0 aliphatic carbocycles. The van der Waals surface area contributed by atoms with E-state index in [1.807, 2.05) is 43.3 Å². The summed E-state index contributed by atoms with van der Waals surface area (Å²) in [6.07, 6.45) is -4.57. The number of aryl methyl sites for hydroxylation is 2. The Morgan fingerprint density at radius 3 is 2.43 bits per heavy atom. The number of hydrogen-bond donors (Lipinski definition) is 0. The first-order chi connectivity index (χ1) is 14.2. The molecular weight excluding hydrogens is 459 g/mol. The van der Waals surface area contributed by atoms with Crippen molar-refractivity contribution >= 4 is 27.0 Å². The summed E-state index contributed by atoms with van der Waals surface area (Å²) in [5, 5.41) is 4.30. The number of ether oxygens (including phenoxy) is 1. The summed E-state index contributed by atoms with van der Waals surface area (Å²) in [6.45, 7) is 3.57. The van der Waals surface area contributed by atoms with Gasteiger partial charge in [-0.1, -0.05) is 45.8 Å². The maximum atomic E-state index is 13.8. The third kappa shape index (κ3) is 4.05. The smallest absolute Gasteiger partial charge is 0.417 e. The van der Waals surface area contributed by atoms with Crippen molar-refractivity contribution in [1.29, 1.82) is 0 Å². The predicted octanol–water partition coefficient (Wildman–Crippen LogP) is 6.40. The van der Waals surface area contributed by atoms with Crippen LogP contribution >= 0.6 is 15.9 Å². The van der Waals surface area contributed by atoms with Gasteiger partial charge in [-0.2, -0.15) is 23.3 Å². The van der Waals surface area contributed by atoms with Crippen molar-refractivity contribution in [3.8, 4) is 11.6 Å². The predicted molar refractivity (Wildman–Crippen MR) is 112 cm³/mol. The van der Waals surface area contributed by atoms with Crippen molar-refractivity contribution < 1.29 is 17.9 Å². The Bertz CT molecular complexity index is 1220. The van der Waals surface area contributed by atoms with Crippen LogP contribution in [-0.4, -0.2) is 14.8 Å². The van der Waals surface area contributed by atoms with E-state index in [1.54, 1.807) is 19.1 Å². The number of rotatable bonds is 4. The first-order valence-corrected chi connectivity index (χ1v) is 9.93. The van der Waals surface area contributed by atoms with E-state index in [-0.39, 0.29) is 29.2 Å². The Hall–Kier alpha value is -2.87. The van der Waals surface area contributed by atoms with E-state index >= 15 is 0 Å². The third-order valence-corrected chi connectivity index (χ3v) is 5.14. The fraction of sp³-hybridized carbons (Fsp3) is 0.182. The number of aromatic nitrogens is 3. The van der Waals surface area contributed by atoms with Crippen molar-refractivity contribution in [3.63, 3.8) is 0 Å². The quantitative estimate of drug-likeness (QED) is 0.342. The van der Waals surface area contributed by atoms with Crippen LogP contribution in [0.25, 0.3) is 16.7 Å². The van der Waals surface area contributed by atoms with Crippen LogP contribution in [-0.2, 0) is 12.8 Å². The van der Waals surface area contributed by atoms with Gasteiger partial charge in [0.15, 0.2) is 5.65 Å². The molecule has 30 heavy (non-hydrogen) atoms. The summed E-state index contributed by atoms with van der Waals surface area (Å²) >= 11 is 3.37. The average molecular weight is 476 g/mol. The Kier molecular flexibility index (Phi) is 5.27. The van der Waals surface area contributed by atoms with Gasteiger partial charge in [0.1, 0.15) is 6.61 Å². The minimum Gasteiger partial charge on any atom is -0.473 e. The standard InChI is InChI=1S/C22H17BrF3N3O/c1-13-6-8-17(9-7-13)29-21-20(14(2)28-29)18(22(24,25)26)11-19(27-21)30-12-15-4-3-5-16(23)10-15/h3-11H,12H2,1-2H3. The molecule has 4 rings (SSSR count). The second-order valence-corrected chi connectivity index (χ2v) is 7.87. The van der Waals surface area contributed by atoms with Crippen LogP contribution in [0.1, 0.15) is 22.4 Å². The number of pyridine rings is 1. The molecule has 0 saturated heterocycles. The minimum absolute atomic E-state index is 0.0297. The maximum Gasteiger partial charge on any atom is 0.417 e. The molecule has 0 unspecified atom stereocenters. The largest absolute Gasteiger partial charge is 0.473 e. The summed E-state index contributed by atoms with van der Waals surface area (Å²) in [6, 6.07) is 15.6. The maximum absolute atomic E-state index is 13.8. The molecule has 0 aliphatic rings. The molecule has 154 valence electrons. The lowest BCUT2D eigenvalue weighted by Crippen LogP contribution is -2.09. The average Bonchev–Trinajstić information content (AvgIpc) is 3.02. The Labute approximate surface area is 179 Å². The number of nitrogens with zero attached hydrogens (tertiary/aromatic N) is 3. The van der Waals surface area contributed by atoms with Gasteiger partial charge >= 0.3 is 6.18 Å². The van der Waals surface area contributed by atoms with Gasteiger partial charge in [0, 0.05) is 10.5 Å². The molecule has 0 spiro atoms. The van der Waals surface area contributed by atoms with Gasteiger partial charge in [0.25, 0.3) is 0 Å². The second-order valence-electron chi connectivity index (χ2n) is 6.96. The van der Waals surface area contributed by atoms with Crippen molar-refractivity contribution in [2.75, 3.05) is 0 Å². The van der Waals surface area contributed by atoms with Crippen LogP contribution in [0.5, 0.6) is 5.88 Å². The summed E-state index contributed by atoms with van der Waals surface area (Å²) < 4.78 is 49.4. The summed E-state index contributed by atoms with van der Waals surface area (Å²) in [7, 11) is 0. The lowest BCUT2D eigenvalue weighted by molar-refractivity contribution is -0.136. The van der Waals surface area contributed by atoms with Crippen LogP contribution in [0.2, 0.25) is 0 Å². The lowest BCUT2D eigenvalue weighted by Gasteiger charge is -2.12. The van der Waals surface area contributed by atoms with Gasteiger partial charge in [-0.05, 0) is 43.7 Å². The van der Waals surface area contributed by atoms with E-state index in [4.69, 9.17) is 4.74 Å². The fourth-order valence-electron chi connectivity index (χ4n) is 3.21. The molecule has 4 nitrogen and oxygen atoms in total. The highest BCUT2D eigenvalue weighted by atomic mass is 79.9. The van der Waals surface area contributed by atoms with Crippen LogP contribution in [0, 0.1) is 13.8 Å². The van der Waals surface area contributed by atoms with E-state index < -0.39 is 11.7 Å². The SMILES string of the molecule is Cc1ccc(-n2nc(C)c3c(C(F)(F)F)cc(OCc4cccc(Br)c4)nc32)cc1. The van der Waals surface area contributed by atoms with Crippen molar-refractivity contribution in [2.24, 2.45) is 0 Å². The third-order valence-electron chi connectivity index (χ3n) is 4.65. The fourth-order valence-corrected chi connectivity index (χ4v) is 3.66. The van der Waals surface area contributed by atoms with Gasteiger partial charge in [-0.15, -0.1) is 0 Å². The number of fused-ring (bicyclic) bond motifs is 1. The molecular formula is C22H17BrF3N3O. The van der Waals surface area contributed by atoms with Gasteiger partial charge in [-0.25, -0.2) is 4.68 Å². The highest BCUT2D eigenvalue weighted by molar-refractivity contribution is 9.10. The number of halogens is 4. The van der Waals surface area contributed by atoms with Crippen molar-refractivity contribution in [1.82, 2.24) is 14.8 Å². The first-order valence-electron chi connectivity index (χ1n) is 9.14. The van der Waals surface area contributed by atoms with Crippen LogP contribution in [0.3, 0.4) is 0 Å². The monoisotopic (exact) mass is 475 g/mol. The highest BCUT2D eigenvalue weighted by Crippen LogP contribution is 2.38. The van der Waals surface area contributed by atoms with Crippen LogP contribution in [0.15, 0.2) is 59.1 Å². The Morgan fingerprint density at radius 1 is 1.03 bits per heavy atom. The molecule has 0 N–H and O–H groups in total. The van der Waals surface area contributed by atoms with Crippen LogP contribution < -0.4 is 4.74 Å². The van der Waals surface area contributed by atoms with Gasteiger partial charge in [-0.3, -0.25) is 0 Å². The summed E-state index contributed by atoms with van der Waals surface area (Å²) in [5.74, 6) is -0.108. The summed E-state index contributed by atoms with van der Waals surface area (Å²) in [4.78, 5) is 4.37. The number of benzene rings is 2. The lowest BCUT2D eigenvalue weighted by atomic mass is 10.1. The molecule has 0 atom stereocenters. The molecule has 2 aromatic heterocycles. The number of alkyl halides is 3. The minimum atomic E-state index is -4.57. The van der Waals surface area contributed by atoms with Crippen LogP contribution in [0.4, 0.5) is 13.2 Å². The van der Waals surface area contributed by atoms with Crippen molar-refractivity contribution in [3.05, 3.63) is 81.5 Å². The van der Waals surface area contributed by atoms with E-state index in [9.17, 15) is 13.2 Å². The molecule has 8 heteroatoms. The zero-order valence-electron chi connectivity index (χ0n) is 16.2. The van der Waals surface area contributed by atoms with E-state index in [2.05, 4.69) is 26.0 Å². The normalized spacial score (nSPS) is 11.8. The van der Waals surface area contributed by atoms with Gasteiger partial charge in [0.05, 0.1) is 22.3 Å². The zero-order valence-corrected chi connectivity index (χ0v) is 17.8.